The highest BCUT2D eigenvalue weighted by Gasteiger charge is 2.47. The third-order valence-corrected chi connectivity index (χ3v) is 4.07. The van der Waals surface area contributed by atoms with Gasteiger partial charge in [-0.25, -0.2) is 9.97 Å². The third kappa shape index (κ3) is 2.39. The minimum atomic E-state index is -1.39. The summed E-state index contributed by atoms with van der Waals surface area (Å²) in [6.07, 6.45) is -3.64. The van der Waals surface area contributed by atoms with Crippen molar-refractivity contribution in [2.45, 2.75) is 30.6 Å². The first-order chi connectivity index (χ1) is 11.4. The molecule has 9 N–H and O–H groups in total. The van der Waals surface area contributed by atoms with E-state index in [2.05, 4.69) is 9.97 Å². The molecule has 1 aliphatic heterocycles. The molecule has 0 bridgehead atoms. The summed E-state index contributed by atoms with van der Waals surface area (Å²) in [6.45, 7) is -0.157. The molecule has 1 fully saturated rings. The highest BCUT2D eigenvalue weighted by Crippen LogP contribution is 2.35. The Morgan fingerprint density at radius 2 is 2.08 bits per heavy atom. The average molecular weight is 338 g/mol. The van der Waals surface area contributed by atoms with E-state index in [4.69, 9.17) is 21.9 Å². The zero-order chi connectivity index (χ0) is 17.6. The van der Waals surface area contributed by atoms with Crippen molar-refractivity contribution in [3.05, 3.63) is 18.1 Å². The second-order valence-corrected chi connectivity index (χ2v) is 5.55. The first-order valence-electron chi connectivity index (χ1n) is 7.17. The molecule has 0 saturated carbocycles. The standard InChI is InChI=1S/C13H18N6O5/c14-1-5(20)9-7(21)8(22)13(24-9)19-2-4(11(16)23)6-10(15)17-3-18-12(6)19/h2-3,5,7-9,13,20-22H,1,14H2,(H2,16,23)(H2,15,17,18)/t5-,7-,8-,9-,13-/m1/s1. The van der Waals surface area contributed by atoms with Crippen molar-refractivity contribution < 1.29 is 24.9 Å². The number of aliphatic hydroxyl groups excluding tert-OH is 3. The Balaban J connectivity index is 2.10. The van der Waals surface area contributed by atoms with Crippen LogP contribution in [-0.2, 0) is 4.74 Å². The number of amides is 1. The molecule has 0 unspecified atom stereocenters. The lowest BCUT2D eigenvalue weighted by Crippen LogP contribution is -2.42. The number of hydrogen-bond acceptors (Lipinski definition) is 9. The maximum atomic E-state index is 11.6. The molecule has 1 amide bonds. The number of nitrogens with zero attached hydrogens (tertiary/aromatic N) is 3. The van der Waals surface area contributed by atoms with E-state index in [0.717, 1.165) is 0 Å². The molecule has 5 atom stereocenters. The van der Waals surface area contributed by atoms with Crippen molar-refractivity contribution in [2.24, 2.45) is 11.5 Å². The normalized spacial score (nSPS) is 28.3. The maximum Gasteiger partial charge on any atom is 0.251 e. The average Bonchev–Trinajstić information content (AvgIpc) is 3.07. The van der Waals surface area contributed by atoms with Gasteiger partial charge in [0.2, 0.25) is 0 Å². The number of nitrogens with two attached hydrogens (primary N) is 3. The van der Waals surface area contributed by atoms with Gasteiger partial charge in [0, 0.05) is 12.7 Å². The first-order valence-corrected chi connectivity index (χ1v) is 7.17. The second-order valence-electron chi connectivity index (χ2n) is 5.55. The second kappa shape index (κ2) is 5.96. The third-order valence-electron chi connectivity index (χ3n) is 4.07. The van der Waals surface area contributed by atoms with E-state index in [0.29, 0.717) is 0 Å². The van der Waals surface area contributed by atoms with E-state index >= 15 is 0 Å². The van der Waals surface area contributed by atoms with E-state index in [1.54, 1.807) is 0 Å². The summed E-state index contributed by atoms with van der Waals surface area (Å²) in [7, 11) is 0. The van der Waals surface area contributed by atoms with Crippen molar-refractivity contribution >= 4 is 22.8 Å². The number of nitrogen functional groups attached to an aromatic ring is 1. The van der Waals surface area contributed by atoms with Crippen LogP contribution in [0.2, 0.25) is 0 Å². The van der Waals surface area contributed by atoms with Crippen molar-refractivity contribution in [3.63, 3.8) is 0 Å². The molecule has 11 nitrogen and oxygen atoms in total. The Bertz CT molecular complexity index is 780. The Hall–Kier alpha value is -2.31. The number of aromatic nitrogens is 3. The number of rotatable bonds is 4. The Labute approximate surface area is 135 Å². The van der Waals surface area contributed by atoms with Gasteiger partial charge in [0.15, 0.2) is 6.23 Å². The number of primary amides is 1. The van der Waals surface area contributed by atoms with Crippen LogP contribution in [-0.4, -0.2) is 66.7 Å². The van der Waals surface area contributed by atoms with Gasteiger partial charge in [0.25, 0.3) is 5.91 Å². The van der Waals surface area contributed by atoms with Crippen LogP contribution in [0.1, 0.15) is 16.6 Å². The summed E-state index contributed by atoms with van der Waals surface area (Å²) < 4.78 is 6.87. The van der Waals surface area contributed by atoms with Gasteiger partial charge in [-0.1, -0.05) is 0 Å². The molecule has 1 aliphatic rings. The van der Waals surface area contributed by atoms with Gasteiger partial charge >= 0.3 is 0 Å². The number of ether oxygens (including phenoxy) is 1. The summed E-state index contributed by atoms with van der Waals surface area (Å²) in [6, 6.07) is 0. The number of carbonyl (C=O) groups excluding carboxylic acids is 1. The fourth-order valence-electron chi connectivity index (χ4n) is 2.86. The van der Waals surface area contributed by atoms with Crippen molar-refractivity contribution in [1.82, 2.24) is 14.5 Å². The minimum absolute atomic E-state index is 0.0409. The number of aliphatic hydroxyl groups is 3. The molecule has 2 aromatic rings. The van der Waals surface area contributed by atoms with Gasteiger partial charge in [-0.05, 0) is 0 Å². The molecule has 2 aromatic heterocycles. The maximum absolute atomic E-state index is 11.6. The van der Waals surface area contributed by atoms with Crippen LogP contribution < -0.4 is 17.2 Å². The van der Waals surface area contributed by atoms with Crippen LogP contribution in [0, 0.1) is 0 Å². The highest BCUT2D eigenvalue weighted by molar-refractivity contribution is 6.08. The summed E-state index contributed by atoms with van der Waals surface area (Å²) in [5, 5.41) is 30.4. The summed E-state index contributed by atoms with van der Waals surface area (Å²) >= 11 is 0. The molecule has 0 aliphatic carbocycles. The molecule has 3 heterocycles. The lowest BCUT2D eigenvalue weighted by Gasteiger charge is -2.19. The van der Waals surface area contributed by atoms with Crippen molar-refractivity contribution in [3.8, 4) is 0 Å². The predicted octanol–water partition coefficient (Wildman–Crippen LogP) is -2.95. The zero-order valence-electron chi connectivity index (χ0n) is 12.5. The molecular formula is C13H18N6O5. The lowest BCUT2D eigenvalue weighted by atomic mass is 10.1. The smallest absolute Gasteiger partial charge is 0.251 e. The quantitative estimate of drug-likeness (QED) is 0.337. The number of anilines is 1. The van der Waals surface area contributed by atoms with Crippen LogP contribution in [0.15, 0.2) is 12.5 Å². The monoisotopic (exact) mass is 338 g/mol. The molecule has 0 spiro atoms. The van der Waals surface area contributed by atoms with E-state index in [-0.39, 0.29) is 29.0 Å². The van der Waals surface area contributed by atoms with Gasteiger partial charge in [-0.15, -0.1) is 0 Å². The van der Waals surface area contributed by atoms with Crippen LogP contribution in [0.25, 0.3) is 11.0 Å². The molecule has 130 valence electrons. The Morgan fingerprint density at radius 1 is 1.38 bits per heavy atom. The number of carbonyl (C=O) groups is 1. The molecule has 0 aromatic carbocycles. The van der Waals surface area contributed by atoms with E-state index in [1.165, 1.54) is 17.1 Å². The predicted molar refractivity (Wildman–Crippen MR) is 81.4 cm³/mol. The van der Waals surface area contributed by atoms with Crippen molar-refractivity contribution in [1.29, 1.82) is 0 Å². The number of fused-ring (bicyclic) bond motifs is 1. The lowest BCUT2D eigenvalue weighted by molar-refractivity contribution is -0.0801. The molecule has 1 saturated heterocycles. The SMILES string of the molecule is NC[C@@H](O)[C@H]1O[C@@H](n2cc(C(N)=O)c3c(N)ncnc32)[C@H](O)[C@H]1O. The van der Waals surface area contributed by atoms with Crippen LogP contribution in [0.3, 0.4) is 0 Å². The van der Waals surface area contributed by atoms with Gasteiger partial charge in [0.05, 0.1) is 17.1 Å². The molecule has 3 rings (SSSR count). The van der Waals surface area contributed by atoms with Gasteiger partial charge in [-0.3, -0.25) is 4.79 Å². The highest BCUT2D eigenvalue weighted by atomic mass is 16.6. The van der Waals surface area contributed by atoms with Crippen LogP contribution in [0.5, 0.6) is 0 Å². The van der Waals surface area contributed by atoms with Gasteiger partial charge < -0.3 is 41.8 Å². The summed E-state index contributed by atoms with van der Waals surface area (Å²) in [4.78, 5) is 19.5. The van der Waals surface area contributed by atoms with E-state index in [9.17, 15) is 20.1 Å². The zero-order valence-corrected chi connectivity index (χ0v) is 12.5. The summed E-state index contributed by atoms with van der Waals surface area (Å²) in [5.41, 5.74) is 16.8. The largest absolute Gasteiger partial charge is 0.389 e. The van der Waals surface area contributed by atoms with Crippen LogP contribution in [0.4, 0.5) is 5.82 Å². The summed E-state index contributed by atoms with van der Waals surface area (Å²) in [5.74, 6) is -0.717. The van der Waals surface area contributed by atoms with Gasteiger partial charge in [0.1, 0.15) is 36.1 Å². The minimum Gasteiger partial charge on any atom is -0.389 e. The van der Waals surface area contributed by atoms with E-state index < -0.39 is 36.6 Å². The Morgan fingerprint density at radius 3 is 2.71 bits per heavy atom. The molecule has 11 heteroatoms. The fourth-order valence-corrected chi connectivity index (χ4v) is 2.86. The topological polar surface area (TPSA) is 196 Å². The number of hydrogen-bond donors (Lipinski definition) is 6. The van der Waals surface area contributed by atoms with Crippen molar-refractivity contribution in [2.75, 3.05) is 12.3 Å². The molecule has 0 radical (unpaired) electrons. The van der Waals surface area contributed by atoms with Crippen LogP contribution >= 0.6 is 0 Å². The molecule has 24 heavy (non-hydrogen) atoms. The van der Waals surface area contributed by atoms with E-state index in [1.807, 2.05) is 0 Å². The Kier molecular flexibility index (Phi) is 4.11. The first kappa shape index (κ1) is 16.5. The molecular weight excluding hydrogens is 320 g/mol. The fraction of sp³-hybridized carbons (Fsp3) is 0.462. The van der Waals surface area contributed by atoms with Gasteiger partial charge in [-0.2, -0.15) is 0 Å².